The summed E-state index contributed by atoms with van der Waals surface area (Å²) in [5, 5.41) is 6.10. The first kappa shape index (κ1) is 4.40. The van der Waals surface area contributed by atoms with Gasteiger partial charge in [-0.1, -0.05) is 33.8 Å². The standard InChI is InChI=1S/C6H2S2/c1-3-7-6-5(1)2-4-8-6/h1H2. The van der Waals surface area contributed by atoms with Crippen molar-refractivity contribution < 1.29 is 0 Å². The molecule has 0 saturated carbocycles. The van der Waals surface area contributed by atoms with Gasteiger partial charge in [0, 0.05) is 12.0 Å². The second-order valence-corrected chi connectivity index (χ2v) is 3.49. The zero-order valence-corrected chi connectivity index (χ0v) is 5.66. The number of rotatable bonds is 0. The Morgan fingerprint density at radius 2 is 2.50 bits per heavy atom. The summed E-state index contributed by atoms with van der Waals surface area (Å²) in [5.41, 5.74) is 1.28. The van der Waals surface area contributed by atoms with Crippen LogP contribution in [0.25, 0.3) is 0 Å². The third-order valence-corrected chi connectivity index (χ3v) is 2.86. The first-order valence-electron chi connectivity index (χ1n) is 2.27. The van der Waals surface area contributed by atoms with Crippen LogP contribution in [0.1, 0.15) is 5.56 Å². The molecule has 1 aromatic rings. The Bertz CT molecular complexity index is 262. The van der Waals surface area contributed by atoms with Gasteiger partial charge in [0.2, 0.25) is 0 Å². The Hall–Kier alpha value is -0.480. The van der Waals surface area contributed by atoms with Crippen molar-refractivity contribution in [3.63, 3.8) is 0 Å². The van der Waals surface area contributed by atoms with Gasteiger partial charge in [-0.15, -0.1) is 0 Å². The van der Waals surface area contributed by atoms with E-state index in [0.717, 1.165) is 6.42 Å². The minimum atomic E-state index is 0.958. The molecule has 0 nitrogen and oxygen atoms in total. The Balaban J connectivity index is 2.71. The van der Waals surface area contributed by atoms with Crippen molar-refractivity contribution in [2.24, 2.45) is 0 Å². The highest BCUT2D eigenvalue weighted by atomic mass is 32.2. The molecule has 2 heteroatoms. The van der Waals surface area contributed by atoms with Gasteiger partial charge in [-0.3, -0.25) is 0 Å². The summed E-state index contributed by atoms with van der Waals surface area (Å²) in [6.07, 6.45) is 0.958. The molecular weight excluding hydrogens is 136 g/mol. The van der Waals surface area contributed by atoms with Crippen LogP contribution in [0.5, 0.6) is 0 Å². The van der Waals surface area contributed by atoms with E-state index >= 15 is 0 Å². The first-order valence-corrected chi connectivity index (χ1v) is 3.91. The molecular formula is C6H2S2. The highest BCUT2D eigenvalue weighted by Gasteiger charge is 2.02. The molecule has 0 fully saturated rings. The molecule has 0 atom stereocenters. The van der Waals surface area contributed by atoms with Gasteiger partial charge in [0.05, 0.1) is 0 Å². The SMILES string of the molecule is C1#Sc2sc#cc2C1. The maximum Gasteiger partial charge on any atom is 0.109 e. The molecule has 0 unspecified atom stereocenters. The summed E-state index contributed by atoms with van der Waals surface area (Å²) in [4.78, 5) is 0. The lowest BCUT2D eigenvalue weighted by Crippen LogP contribution is -1.67. The Morgan fingerprint density at radius 3 is 3.38 bits per heavy atom. The van der Waals surface area contributed by atoms with E-state index in [-0.39, 0.29) is 0 Å². The summed E-state index contributed by atoms with van der Waals surface area (Å²) in [6.45, 7) is 0. The predicted octanol–water partition coefficient (Wildman–Crippen LogP) is 1.96. The van der Waals surface area contributed by atoms with E-state index in [1.807, 2.05) is 0 Å². The molecule has 2 heterocycles. The summed E-state index contributed by atoms with van der Waals surface area (Å²) < 4.78 is 1.32. The second-order valence-electron chi connectivity index (χ2n) is 1.52. The van der Waals surface area contributed by atoms with Crippen molar-refractivity contribution >= 4 is 22.5 Å². The highest BCUT2D eigenvalue weighted by Crippen LogP contribution is 2.23. The molecule has 0 saturated heterocycles. The normalized spacial score (nSPS) is 12.5. The summed E-state index contributed by atoms with van der Waals surface area (Å²) >= 11 is 3.31. The quantitative estimate of drug-likeness (QED) is 0.514. The lowest BCUT2D eigenvalue weighted by Gasteiger charge is -1.75. The fourth-order valence-corrected chi connectivity index (χ4v) is 2.19. The zero-order valence-electron chi connectivity index (χ0n) is 4.02. The van der Waals surface area contributed by atoms with E-state index in [9.17, 15) is 0 Å². The predicted molar refractivity (Wildman–Crippen MR) is 35.4 cm³/mol. The van der Waals surface area contributed by atoms with Crippen LogP contribution in [-0.2, 0) is 6.42 Å². The second kappa shape index (κ2) is 1.50. The zero-order chi connectivity index (χ0) is 5.40. The molecule has 38 valence electrons. The summed E-state index contributed by atoms with van der Waals surface area (Å²) in [5.74, 6) is 0. The van der Waals surface area contributed by atoms with Gasteiger partial charge in [-0.05, 0) is 5.38 Å². The van der Waals surface area contributed by atoms with Crippen LogP contribution in [0.3, 0.4) is 0 Å². The lowest BCUT2D eigenvalue weighted by molar-refractivity contribution is 1.31. The topological polar surface area (TPSA) is 0 Å². The minimum absolute atomic E-state index is 0.958. The molecule has 8 heavy (non-hydrogen) atoms. The third kappa shape index (κ3) is 0.468. The van der Waals surface area contributed by atoms with Crippen molar-refractivity contribution in [3.8, 4) is 5.18 Å². The van der Waals surface area contributed by atoms with Crippen LogP contribution in [0.4, 0.5) is 0 Å². The molecule has 0 aromatic carbocycles. The molecule has 0 radical (unpaired) electrons. The van der Waals surface area contributed by atoms with Gasteiger partial charge < -0.3 is 0 Å². The van der Waals surface area contributed by atoms with Crippen LogP contribution in [-0.4, -0.2) is 0 Å². The Morgan fingerprint density at radius 1 is 1.50 bits per heavy atom. The Kier molecular flexibility index (Phi) is 0.824. The largest absolute Gasteiger partial charge is 0.109 e. The molecule has 0 N–H and O–H groups in total. The van der Waals surface area contributed by atoms with Crippen LogP contribution >= 0.6 is 22.5 Å². The van der Waals surface area contributed by atoms with Gasteiger partial charge in [-0.25, -0.2) is 0 Å². The molecule has 0 spiro atoms. The van der Waals surface area contributed by atoms with Crippen molar-refractivity contribution in [1.29, 1.82) is 0 Å². The van der Waals surface area contributed by atoms with E-state index in [0.29, 0.717) is 0 Å². The van der Waals surface area contributed by atoms with Crippen LogP contribution in [0.2, 0.25) is 0 Å². The molecule has 1 aliphatic rings. The minimum Gasteiger partial charge on any atom is -0.0848 e. The number of hydrogen-bond acceptors (Lipinski definition) is 1. The van der Waals surface area contributed by atoms with Crippen LogP contribution in [0.15, 0.2) is 4.21 Å². The molecule has 0 aliphatic carbocycles. The van der Waals surface area contributed by atoms with Crippen LogP contribution < -0.4 is 0 Å². The van der Waals surface area contributed by atoms with Crippen molar-refractivity contribution in [3.05, 3.63) is 17.0 Å². The highest BCUT2D eigenvalue weighted by molar-refractivity contribution is 7.91. The van der Waals surface area contributed by atoms with E-state index in [4.69, 9.17) is 0 Å². The first-order chi connectivity index (χ1) is 3.97. The molecule has 1 aliphatic heterocycles. The Labute approximate surface area is 55.8 Å². The van der Waals surface area contributed by atoms with Gasteiger partial charge in [-0.2, -0.15) is 0 Å². The van der Waals surface area contributed by atoms with E-state index in [2.05, 4.69) is 16.6 Å². The van der Waals surface area contributed by atoms with Gasteiger partial charge in [0.25, 0.3) is 0 Å². The third-order valence-electron chi connectivity index (χ3n) is 1.01. The summed E-state index contributed by atoms with van der Waals surface area (Å²) in [6, 6.07) is 3.03. The van der Waals surface area contributed by atoms with Crippen molar-refractivity contribution in [1.82, 2.24) is 0 Å². The van der Waals surface area contributed by atoms with E-state index in [1.165, 1.54) is 9.77 Å². The lowest BCUT2D eigenvalue weighted by atomic mass is 10.3. The fraction of sp³-hybridized carbons (Fsp3) is 0.167. The van der Waals surface area contributed by atoms with Gasteiger partial charge >= 0.3 is 0 Å². The fourth-order valence-electron chi connectivity index (χ4n) is 0.619. The van der Waals surface area contributed by atoms with Crippen LogP contribution in [0, 0.1) is 16.6 Å². The van der Waals surface area contributed by atoms with Crippen molar-refractivity contribution in [2.75, 3.05) is 0 Å². The molecule has 0 amide bonds. The van der Waals surface area contributed by atoms with Gasteiger partial charge in [0.15, 0.2) is 0 Å². The van der Waals surface area contributed by atoms with Crippen molar-refractivity contribution in [2.45, 2.75) is 10.6 Å². The monoisotopic (exact) mass is 138 g/mol. The average Bonchev–Trinajstić information content (AvgIpc) is 2.15. The maximum atomic E-state index is 3.14. The molecule has 2 rings (SSSR count). The number of hydrogen-bond donors (Lipinski definition) is 0. The average molecular weight is 138 g/mol. The van der Waals surface area contributed by atoms with E-state index in [1.54, 1.807) is 22.5 Å². The molecule has 1 aromatic heterocycles. The van der Waals surface area contributed by atoms with Gasteiger partial charge in [0.1, 0.15) is 4.21 Å². The number of fused-ring (bicyclic) bond motifs is 1. The van der Waals surface area contributed by atoms with E-state index < -0.39 is 0 Å². The maximum absolute atomic E-state index is 3.14. The smallest absolute Gasteiger partial charge is 0.0848 e. The summed E-state index contributed by atoms with van der Waals surface area (Å²) in [7, 11) is 0. The molecule has 0 bridgehead atoms.